The molecule has 0 saturated carbocycles. The summed E-state index contributed by atoms with van der Waals surface area (Å²) in [4.78, 5) is 39.0. The molecule has 4 rings (SSSR count). The minimum absolute atomic E-state index is 0.116. The molecule has 1 aliphatic rings. The summed E-state index contributed by atoms with van der Waals surface area (Å²) < 4.78 is 10.7. The van der Waals surface area contributed by atoms with Crippen LogP contribution in [0.2, 0.25) is 5.02 Å². The quantitative estimate of drug-likeness (QED) is 0.436. The molecule has 0 unspecified atom stereocenters. The Hall–Kier alpha value is -4.04. The highest BCUT2D eigenvalue weighted by atomic mass is 35.5. The van der Waals surface area contributed by atoms with Gasteiger partial charge in [-0.2, -0.15) is 0 Å². The third kappa shape index (κ3) is 6.80. The van der Waals surface area contributed by atoms with E-state index in [9.17, 15) is 14.4 Å². The monoisotopic (exact) mass is 521 g/mol. The molecule has 3 amide bonds. The van der Waals surface area contributed by atoms with E-state index in [1.165, 1.54) is 0 Å². The van der Waals surface area contributed by atoms with Crippen LogP contribution in [-0.2, 0) is 20.9 Å². The highest BCUT2D eigenvalue weighted by Gasteiger charge is 2.35. The average Bonchev–Trinajstić information content (AvgIpc) is 3.30. The van der Waals surface area contributed by atoms with E-state index < -0.39 is 5.92 Å². The van der Waals surface area contributed by atoms with Gasteiger partial charge in [0.25, 0.3) is 5.91 Å². The Morgan fingerprint density at radius 2 is 1.73 bits per heavy atom. The molecule has 192 valence electrons. The number of amides is 3. The van der Waals surface area contributed by atoms with E-state index in [0.717, 1.165) is 16.9 Å². The number of carbonyl (C=O) groups is 3. The van der Waals surface area contributed by atoms with E-state index in [1.807, 2.05) is 37.3 Å². The molecule has 3 aromatic rings. The van der Waals surface area contributed by atoms with Crippen molar-refractivity contribution in [2.45, 2.75) is 19.9 Å². The van der Waals surface area contributed by atoms with Gasteiger partial charge in [0.05, 0.1) is 13.0 Å². The van der Waals surface area contributed by atoms with Crippen molar-refractivity contribution in [1.29, 1.82) is 0 Å². The molecule has 1 fully saturated rings. The predicted octanol–water partition coefficient (Wildman–Crippen LogP) is 4.34. The molecule has 1 aliphatic heterocycles. The van der Waals surface area contributed by atoms with E-state index in [4.69, 9.17) is 21.1 Å². The number of aryl methyl sites for hydroxylation is 1. The summed E-state index contributed by atoms with van der Waals surface area (Å²) in [5.74, 6) is 0.213. The predicted molar refractivity (Wildman–Crippen MR) is 142 cm³/mol. The van der Waals surface area contributed by atoms with Gasteiger partial charge in [-0.1, -0.05) is 29.8 Å². The number of rotatable bonds is 9. The largest absolute Gasteiger partial charge is 0.497 e. The van der Waals surface area contributed by atoms with Gasteiger partial charge in [-0.15, -0.1) is 0 Å². The molecular formula is C28H28ClN3O5. The maximum atomic E-state index is 12.7. The standard InChI is InChI=1S/C28H28ClN3O5/c1-18-3-6-21(14-25(18)29)31-26(33)17-37-24-11-7-22(8-12-24)32-16-20(13-27(32)34)28(35)30-15-19-4-9-23(36-2)10-5-19/h3-12,14,20H,13,15-17H2,1-2H3,(H,30,35)(H,31,33)/t20-/m1/s1. The molecule has 3 aromatic carbocycles. The lowest BCUT2D eigenvalue weighted by Gasteiger charge is -2.17. The van der Waals surface area contributed by atoms with Crippen molar-refractivity contribution in [1.82, 2.24) is 5.32 Å². The van der Waals surface area contributed by atoms with Crippen molar-refractivity contribution in [3.05, 3.63) is 82.9 Å². The molecule has 0 radical (unpaired) electrons. The second-order valence-corrected chi connectivity index (χ2v) is 9.17. The van der Waals surface area contributed by atoms with Crippen molar-refractivity contribution < 1.29 is 23.9 Å². The lowest BCUT2D eigenvalue weighted by molar-refractivity contribution is -0.126. The third-order valence-electron chi connectivity index (χ3n) is 6.10. The Balaban J connectivity index is 1.26. The zero-order chi connectivity index (χ0) is 26.4. The first-order valence-corrected chi connectivity index (χ1v) is 12.2. The van der Waals surface area contributed by atoms with E-state index in [2.05, 4.69) is 10.6 Å². The van der Waals surface area contributed by atoms with Crippen LogP contribution in [0.1, 0.15) is 17.5 Å². The fourth-order valence-corrected chi connectivity index (χ4v) is 4.13. The van der Waals surface area contributed by atoms with Gasteiger partial charge in [-0.25, -0.2) is 0 Å². The molecule has 37 heavy (non-hydrogen) atoms. The molecule has 0 aliphatic carbocycles. The summed E-state index contributed by atoms with van der Waals surface area (Å²) in [6, 6.07) is 19.6. The van der Waals surface area contributed by atoms with Gasteiger partial charge in [0.15, 0.2) is 6.61 Å². The van der Waals surface area contributed by atoms with Gasteiger partial charge < -0.3 is 25.0 Å². The maximum absolute atomic E-state index is 12.7. The van der Waals surface area contributed by atoms with Crippen LogP contribution in [0.5, 0.6) is 11.5 Å². The zero-order valence-corrected chi connectivity index (χ0v) is 21.4. The van der Waals surface area contributed by atoms with Crippen molar-refractivity contribution in [3.8, 4) is 11.5 Å². The number of nitrogens with one attached hydrogen (secondary N) is 2. The van der Waals surface area contributed by atoms with Crippen LogP contribution in [0, 0.1) is 12.8 Å². The van der Waals surface area contributed by atoms with Gasteiger partial charge in [0, 0.05) is 35.9 Å². The molecule has 8 nitrogen and oxygen atoms in total. The topological polar surface area (TPSA) is 97.0 Å². The second-order valence-electron chi connectivity index (χ2n) is 8.77. The Morgan fingerprint density at radius 3 is 2.41 bits per heavy atom. The van der Waals surface area contributed by atoms with Gasteiger partial charge in [0.1, 0.15) is 11.5 Å². The molecule has 1 atom stereocenters. The summed E-state index contributed by atoms with van der Waals surface area (Å²) >= 11 is 6.09. The van der Waals surface area contributed by atoms with E-state index in [0.29, 0.717) is 35.2 Å². The number of methoxy groups -OCH3 is 1. The molecule has 9 heteroatoms. The second kappa shape index (κ2) is 11.8. The Labute approximate surface area is 220 Å². The smallest absolute Gasteiger partial charge is 0.262 e. The highest BCUT2D eigenvalue weighted by molar-refractivity contribution is 6.31. The fourth-order valence-electron chi connectivity index (χ4n) is 3.95. The maximum Gasteiger partial charge on any atom is 0.262 e. The summed E-state index contributed by atoms with van der Waals surface area (Å²) in [5, 5.41) is 6.22. The summed E-state index contributed by atoms with van der Waals surface area (Å²) in [7, 11) is 1.60. The number of benzene rings is 3. The molecule has 1 saturated heterocycles. The van der Waals surface area contributed by atoms with Gasteiger partial charge in [-0.3, -0.25) is 14.4 Å². The SMILES string of the molecule is COc1ccc(CNC(=O)[C@@H]2CC(=O)N(c3ccc(OCC(=O)Nc4ccc(C)c(Cl)c4)cc3)C2)cc1. The molecule has 0 spiro atoms. The van der Waals surface area contributed by atoms with Crippen molar-refractivity contribution >= 4 is 40.7 Å². The third-order valence-corrected chi connectivity index (χ3v) is 6.50. The van der Waals surface area contributed by atoms with E-state index in [-0.39, 0.29) is 30.7 Å². The zero-order valence-electron chi connectivity index (χ0n) is 20.6. The van der Waals surface area contributed by atoms with E-state index >= 15 is 0 Å². The number of hydrogen-bond donors (Lipinski definition) is 2. The Morgan fingerprint density at radius 1 is 1.03 bits per heavy atom. The molecule has 0 bridgehead atoms. The molecule has 0 aromatic heterocycles. The van der Waals surface area contributed by atoms with Crippen molar-refractivity contribution in [2.24, 2.45) is 5.92 Å². The Bertz CT molecular complexity index is 1280. The van der Waals surface area contributed by atoms with Gasteiger partial charge in [0.2, 0.25) is 11.8 Å². The normalized spacial score (nSPS) is 14.8. The fraction of sp³-hybridized carbons (Fsp3) is 0.250. The number of ether oxygens (including phenoxy) is 2. The van der Waals surface area contributed by atoms with Crippen molar-refractivity contribution in [2.75, 3.05) is 30.5 Å². The number of nitrogens with zero attached hydrogens (tertiary/aromatic N) is 1. The first-order chi connectivity index (χ1) is 17.8. The van der Waals surface area contributed by atoms with Crippen LogP contribution in [0.15, 0.2) is 66.7 Å². The summed E-state index contributed by atoms with van der Waals surface area (Å²) in [6.45, 7) is 2.39. The van der Waals surface area contributed by atoms with Crippen LogP contribution in [0.3, 0.4) is 0 Å². The van der Waals surface area contributed by atoms with Crippen LogP contribution < -0.4 is 25.0 Å². The minimum atomic E-state index is -0.430. The van der Waals surface area contributed by atoms with E-state index in [1.54, 1.807) is 48.4 Å². The molecular weight excluding hydrogens is 494 g/mol. The first kappa shape index (κ1) is 26.0. The number of carbonyl (C=O) groups excluding carboxylic acids is 3. The minimum Gasteiger partial charge on any atom is -0.497 e. The summed E-state index contributed by atoms with van der Waals surface area (Å²) in [6.07, 6.45) is 0.149. The van der Waals surface area contributed by atoms with Crippen LogP contribution in [-0.4, -0.2) is 38.0 Å². The van der Waals surface area contributed by atoms with Gasteiger partial charge in [-0.05, 0) is 66.6 Å². The van der Waals surface area contributed by atoms with Crippen LogP contribution in [0.4, 0.5) is 11.4 Å². The van der Waals surface area contributed by atoms with Crippen LogP contribution >= 0.6 is 11.6 Å². The van der Waals surface area contributed by atoms with Gasteiger partial charge >= 0.3 is 0 Å². The van der Waals surface area contributed by atoms with Crippen molar-refractivity contribution in [3.63, 3.8) is 0 Å². The molecule has 1 heterocycles. The Kier molecular flexibility index (Phi) is 8.30. The first-order valence-electron chi connectivity index (χ1n) is 11.8. The van der Waals surface area contributed by atoms with Crippen LogP contribution in [0.25, 0.3) is 0 Å². The number of hydrogen-bond acceptors (Lipinski definition) is 5. The number of halogens is 1. The lowest BCUT2D eigenvalue weighted by atomic mass is 10.1. The molecule has 2 N–H and O–H groups in total. The average molecular weight is 522 g/mol. The highest BCUT2D eigenvalue weighted by Crippen LogP contribution is 2.27. The number of anilines is 2. The summed E-state index contributed by atoms with van der Waals surface area (Å²) in [5.41, 5.74) is 3.13. The lowest BCUT2D eigenvalue weighted by Crippen LogP contribution is -2.32.